The van der Waals surface area contributed by atoms with Crippen LogP contribution >= 0.6 is 140 Å². The van der Waals surface area contributed by atoms with Crippen LogP contribution < -0.4 is 9.44 Å². The lowest BCUT2D eigenvalue weighted by Gasteiger charge is -2.16. The van der Waals surface area contributed by atoms with Crippen LogP contribution in [0.1, 0.15) is 0 Å². The summed E-state index contributed by atoms with van der Waals surface area (Å²) < 4.78 is 6.31. The summed E-state index contributed by atoms with van der Waals surface area (Å²) in [5.41, 5.74) is 1.36. The van der Waals surface area contributed by atoms with E-state index in [4.69, 9.17) is 116 Å². The van der Waals surface area contributed by atoms with Gasteiger partial charge in [0.05, 0.1) is 71.4 Å². The fraction of sp³-hybridized carbons (Fsp3) is 0. The van der Waals surface area contributed by atoms with Crippen molar-refractivity contribution in [2.24, 2.45) is 0 Å². The van der Waals surface area contributed by atoms with Gasteiger partial charge in [0.15, 0.2) is 0 Å². The summed E-state index contributed by atoms with van der Waals surface area (Å²) in [5.74, 6) is 0. The molecule has 0 unspecified atom stereocenters. The van der Waals surface area contributed by atoms with Gasteiger partial charge in [-0.25, -0.2) is 0 Å². The second kappa shape index (κ2) is 11.7. The third kappa shape index (κ3) is 5.64. The van der Waals surface area contributed by atoms with Gasteiger partial charge in [-0.1, -0.05) is 128 Å². The molecule has 0 atom stereocenters. The Morgan fingerprint density at radius 1 is 0.406 bits per heavy atom. The van der Waals surface area contributed by atoms with Gasteiger partial charge in [0.1, 0.15) is 0 Å². The standard InChI is InChI=1S/C18H6Cl10N2S2/c19-7-9(21)13(25)17(14(26)10(7)22)31-29-5-3-1-2-4-6(5)30-32-18-15(27)11(23)8(20)12(24)16(18)28/h1-4,29-30H. The third-order valence-corrected chi connectivity index (χ3v) is 10.7. The van der Waals surface area contributed by atoms with Gasteiger partial charge < -0.3 is 9.44 Å². The molecule has 0 spiro atoms. The molecule has 0 fully saturated rings. The number of para-hydroxylation sites is 2. The Hall–Kier alpha value is 0.860. The van der Waals surface area contributed by atoms with Gasteiger partial charge in [0.25, 0.3) is 0 Å². The van der Waals surface area contributed by atoms with E-state index in [0.717, 1.165) is 23.9 Å². The van der Waals surface area contributed by atoms with Gasteiger partial charge in [-0.05, 0) is 36.0 Å². The highest BCUT2D eigenvalue weighted by atomic mass is 35.5. The molecule has 0 saturated heterocycles. The maximum atomic E-state index is 6.30. The van der Waals surface area contributed by atoms with E-state index < -0.39 is 0 Å². The molecule has 3 aromatic carbocycles. The zero-order chi connectivity index (χ0) is 23.7. The first-order chi connectivity index (χ1) is 15.1. The smallest absolute Gasteiger partial charge is 0.0809 e. The minimum absolute atomic E-state index is 0.0835. The predicted octanol–water partition coefficient (Wildman–Crippen LogP) is 12.5. The Morgan fingerprint density at radius 2 is 0.656 bits per heavy atom. The molecule has 2 N–H and O–H groups in total. The highest BCUT2D eigenvalue weighted by Crippen LogP contribution is 2.50. The van der Waals surface area contributed by atoms with Crippen molar-refractivity contribution in [3.8, 4) is 0 Å². The molecular formula is C18H6Cl10N2S2. The number of anilines is 2. The van der Waals surface area contributed by atoms with Crippen molar-refractivity contribution in [2.45, 2.75) is 9.79 Å². The van der Waals surface area contributed by atoms with Crippen LogP contribution in [0.3, 0.4) is 0 Å². The summed E-state index contributed by atoms with van der Waals surface area (Å²) in [5, 5.41) is 1.29. The molecule has 0 amide bonds. The topological polar surface area (TPSA) is 24.1 Å². The SMILES string of the molecule is Clc1c(Cl)c(Cl)c(SNc2ccccc2NSc2c(Cl)c(Cl)c(Cl)c(Cl)c2Cl)c(Cl)c1Cl. The summed E-state index contributed by atoms with van der Waals surface area (Å²) in [6, 6.07) is 7.31. The van der Waals surface area contributed by atoms with E-state index in [9.17, 15) is 0 Å². The Bertz CT molecular complexity index is 1050. The van der Waals surface area contributed by atoms with E-state index in [-0.39, 0.29) is 50.2 Å². The maximum Gasteiger partial charge on any atom is 0.0809 e. The number of hydrogen-bond acceptors (Lipinski definition) is 4. The van der Waals surface area contributed by atoms with Crippen LogP contribution in [0, 0.1) is 0 Å². The number of benzene rings is 3. The summed E-state index contributed by atoms with van der Waals surface area (Å²) in [6.45, 7) is 0. The third-order valence-electron chi connectivity index (χ3n) is 3.79. The van der Waals surface area contributed by atoms with Crippen molar-refractivity contribution in [1.82, 2.24) is 0 Å². The van der Waals surface area contributed by atoms with Gasteiger partial charge in [0, 0.05) is 0 Å². The average Bonchev–Trinajstić information content (AvgIpc) is 2.79. The highest BCUT2D eigenvalue weighted by Gasteiger charge is 2.22. The van der Waals surface area contributed by atoms with Crippen molar-refractivity contribution in [3.05, 3.63) is 74.5 Å². The van der Waals surface area contributed by atoms with Crippen LogP contribution in [0.2, 0.25) is 50.2 Å². The number of hydrogen-bond donors (Lipinski definition) is 2. The first-order valence-corrected chi connectivity index (χ1v) is 13.4. The van der Waals surface area contributed by atoms with E-state index in [1.807, 2.05) is 24.3 Å². The van der Waals surface area contributed by atoms with Crippen LogP contribution in [-0.4, -0.2) is 0 Å². The van der Waals surface area contributed by atoms with E-state index >= 15 is 0 Å². The minimum atomic E-state index is 0.0835. The van der Waals surface area contributed by atoms with Gasteiger partial charge in [0.2, 0.25) is 0 Å². The molecule has 3 rings (SSSR count). The van der Waals surface area contributed by atoms with Crippen molar-refractivity contribution in [3.63, 3.8) is 0 Å². The quantitative estimate of drug-likeness (QED) is 0.155. The average molecular weight is 669 g/mol. The van der Waals surface area contributed by atoms with Crippen molar-refractivity contribution < 1.29 is 0 Å². The minimum Gasteiger partial charge on any atom is -0.324 e. The van der Waals surface area contributed by atoms with Gasteiger partial charge in [-0.3, -0.25) is 0 Å². The van der Waals surface area contributed by atoms with Crippen LogP contribution in [0.4, 0.5) is 11.4 Å². The van der Waals surface area contributed by atoms with Gasteiger partial charge in [-0.15, -0.1) is 0 Å². The largest absolute Gasteiger partial charge is 0.324 e. The van der Waals surface area contributed by atoms with E-state index in [1.165, 1.54) is 0 Å². The van der Waals surface area contributed by atoms with Crippen LogP contribution in [0.15, 0.2) is 34.1 Å². The van der Waals surface area contributed by atoms with Gasteiger partial charge in [-0.2, -0.15) is 0 Å². The molecule has 0 aliphatic rings. The van der Waals surface area contributed by atoms with Crippen molar-refractivity contribution >= 4 is 151 Å². The zero-order valence-corrected chi connectivity index (χ0v) is 24.1. The maximum absolute atomic E-state index is 6.30. The van der Waals surface area contributed by atoms with Crippen LogP contribution in [0.25, 0.3) is 0 Å². The summed E-state index contributed by atoms with van der Waals surface area (Å²) in [6.07, 6.45) is 0. The van der Waals surface area contributed by atoms with Crippen molar-refractivity contribution in [1.29, 1.82) is 0 Å². The second-order valence-corrected chi connectivity index (χ2v) is 11.2. The highest BCUT2D eigenvalue weighted by molar-refractivity contribution is 8.01. The predicted molar refractivity (Wildman–Crippen MR) is 148 cm³/mol. The van der Waals surface area contributed by atoms with E-state index in [0.29, 0.717) is 21.2 Å². The lowest BCUT2D eigenvalue weighted by Crippen LogP contribution is -1.96. The van der Waals surface area contributed by atoms with Crippen molar-refractivity contribution in [2.75, 3.05) is 9.44 Å². The molecular weight excluding hydrogens is 663 g/mol. The molecule has 0 aliphatic carbocycles. The molecule has 0 aliphatic heterocycles. The zero-order valence-electron chi connectivity index (χ0n) is 14.9. The van der Waals surface area contributed by atoms with Crippen LogP contribution in [-0.2, 0) is 0 Å². The fourth-order valence-electron chi connectivity index (χ4n) is 2.22. The molecule has 0 aromatic heterocycles. The normalized spacial score (nSPS) is 11.1. The van der Waals surface area contributed by atoms with E-state index in [2.05, 4.69) is 9.44 Å². The van der Waals surface area contributed by atoms with Gasteiger partial charge >= 0.3 is 0 Å². The Balaban J connectivity index is 1.85. The molecule has 3 aromatic rings. The Morgan fingerprint density at radius 3 is 0.938 bits per heavy atom. The lowest BCUT2D eigenvalue weighted by molar-refractivity contribution is 1.45. The number of rotatable bonds is 6. The second-order valence-electron chi connectivity index (χ2n) is 5.75. The molecule has 14 heteroatoms. The summed E-state index contributed by atoms with van der Waals surface area (Å²) in [4.78, 5) is 0.829. The number of nitrogens with one attached hydrogen (secondary N) is 2. The Labute approximate surface area is 242 Å². The molecule has 0 bridgehead atoms. The monoisotopic (exact) mass is 664 g/mol. The molecule has 0 heterocycles. The van der Waals surface area contributed by atoms with Crippen LogP contribution in [0.5, 0.6) is 0 Å². The molecule has 32 heavy (non-hydrogen) atoms. The lowest BCUT2D eigenvalue weighted by atomic mass is 10.3. The first-order valence-electron chi connectivity index (χ1n) is 8.03. The fourth-order valence-corrected chi connectivity index (χ4v) is 6.73. The molecule has 0 saturated carbocycles. The molecule has 170 valence electrons. The summed E-state index contributed by atoms with van der Waals surface area (Å²) in [7, 11) is 0. The molecule has 2 nitrogen and oxygen atoms in total. The summed E-state index contributed by atoms with van der Waals surface area (Å²) >= 11 is 64.0. The number of halogens is 10. The molecule has 0 radical (unpaired) electrons. The Kier molecular flexibility index (Phi) is 10.1. The van der Waals surface area contributed by atoms with E-state index in [1.54, 1.807) is 0 Å². The first kappa shape index (κ1) is 27.4.